The minimum absolute atomic E-state index is 0.463. The lowest BCUT2D eigenvalue weighted by Gasteiger charge is -1.98. The van der Waals surface area contributed by atoms with Crippen LogP contribution in [0.5, 0.6) is 0 Å². The predicted octanol–water partition coefficient (Wildman–Crippen LogP) is 2.49. The largest absolute Gasteiger partial charge is 0.460 e. The molecule has 0 N–H and O–H groups in total. The minimum atomic E-state index is 0.463. The van der Waals surface area contributed by atoms with Gasteiger partial charge in [-0.1, -0.05) is 0 Å². The summed E-state index contributed by atoms with van der Waals surface area (Å²) < 4.78 is 4.83. The Hall–Kier alpha value is -2.52. The summed E-state index contributed by atoms with van der Waals surface area (Å²) in [5.41, 5.74) is 2.52. The molecule has 1 aromatic carbocycles. The summed E-state index contributed by atoms with van der Waals surface area (Å²) in [5.74, 6) is 0. The number of furan rings is 1. The molecule has 0 amide bonds. The highest BCUT2D eigenvalue weighted by Gasteiger charge is 2.03. The molecule has 0 saturated heterocycles. The van der Waals surface area contributed by atoms with E-state index < -0.39 is 0 Å². The SMILES string of the molecule is N#Cc1cc(C#N)cc(-c2c[c]oc2)c1. The van der Waals surface area contributed by atoms with E-state index in [1.165, 1.54) is 6.26 Å². The van der Waals surface area contributed by atoms with Crippen LogP contribution < -0.4 is 0 Å². The highest BCUT2D eigenvalue weighted by Crippen LogP contribution is 2.22. The van der Waals surface area contributed by atoms with Crippen molar-refractivity contribution in [1.82, 2.24) is 0 Å². The molecule has 2 rings (SSSR count). The first kappa shape index (κ1) is 9.05. The molecule has 1 aromatic heterocycles. The van der Waals surface area contributed by atoms with Gasteiger partial charge in [-0.3, -0.25) is 0 Å². The van der Waals surface area contributed by atoms with Crippen molar-refractivity contribution < 1.29 is 4.42 Å². The fourth-order valence-electron chi connectivity index (χ4n) is 1.30. The molecule has 0 unspecified atom stereocenters. The van der Waals surface area contributed by atoms with Gasteiger partial charge in [0.1, 0.15) is 0 Å². The predicted molar refractivity (Wildman–Crippen MR) is 52.4 cm³/mol. The van der Waals surface area contributed by atoms with Crippen LogP contribution in [-0.4, -0.2) is 0 Å². The lowest BCUT2D eigenvalue weighted by molar-refractivity contribution is 0.559. The lowest BCUT2D eigenvalue weighted by atomic mass is 10.0. The van der Waals surface area contributed by atoms with Gasteiger partial charge >= 0.3 is 0 Å². The second-order valence-electron chi connectivity index (χ2n) is 2.98. The van der Waals surface area contributed by atoms with Gasteiger partial charge < -0.3 is 4.42 Å². The molecule has 0 fully saturated rings. The van der Waals surface area contributed by atoms with Gasteiger partial charge in [0.05, 0.1) is 29.5 Å². The zero-order valence-electron chi connectivity index (χ0n) is 7.69. The molecule has 3 heteroatoms. The number of hydrogen-bond donors (Lipinski definition) is 0. The number of benzene rings is 1. The summed E-state index contributed by atoms with van der Waals surface area (Å²) in [7, 11) is 0. The van der Waals surface area contributed by atoms with Crippen molar-refractivity contribution in [2.45, 2.75) is 0 Å². The average molecular weight is 193 g/mol. The lowest BCUT2D eigenvalue weighted by Crippen LogP contribution is -1.82. The summed E-state index contributed by atoms with van der Waals surface area (Å²) >= 11 is 0. The van der Waals surface area contributed by atoms with Crippen LogP contribution in [0, 0.1) is 28.9 Å². The van der Waals surface area contributed by atoms with Gasteiger partial charge in [-0.25, -0.2) is 0 Å². The molecule has 0 saturated carbocycles. The molecule has 2 aromatic rings. The van der Waals surface area contributed by atoms with Crippen molar-refractivity contribution in [3.63, 3.8) is 0 Å². The van der Waals surface area contributed by atoms with Crippen LogP contribution >= 0.6 is 0 Å². The molecule has 0 aliphatic heterocycles. The van der Waals surface area contributed by atoms with Crippen molar-refractivity contribution in [2.75, 3.05) is 0 Å². The molecule has 1 radical (unpaired) electrons. The fourth-order valence-corrected chi connectivity index (χ4v) is 1.30. The standard InChI is InChI=1S/C12H5N2O/c13-6-9-3-10(7-14)5-12(4-9)11-1-2-15-8-11/h1,3-5,8H. The smallest absolute Gasteiger partial charge is 0.169 e. The van der Waals surface area contributed by atoms with Gasteiger partial charge in [0, 0.05) is 5.56 Å². The summed E-state index contributed by atoms with van der Waals surface area (Å²) in [5, 5.41) is 17.6. The molecule has 0 spiro atoms. The third kappa shape index (κ3) is 1.72. The first-order chi connectivity index (χ1) is 7.33. The Morgan fingerprint density at radius 2 is 1.67 bits per heavy atom. The van der Waals surface area contributed by atoms with E-state index in [1.54, 1.807) is 24.3 Å². The van der Waals surface area contributed by atoms with Gasteiger partial charge in [-0.2, -0.15) is 10.5 Å². The summed E-state index contributed by atoms with van der Waals surface area (Å²) in [6.45, 7) is 0. The second-order valence-corrected chi connectivity index (χ2v) is 2.98. The van der Waals surface area contributed by atoms with E-state index in [0.29, 0.717) is 11.1 Å². The van der Waals surface area contributed by atoms with Gasteiger partial charge in [0.25, 0.3) is 0 Å². The summed E-state index contributed by atoms with van der Waals surface area (Å²) in [6.07, 6.45) is 4.09. The van der Waals surface area contributed by atoms with Gasteiger partial charge in [-0.15, -0.1) is 0 Å². The maximum Gasteiger partial charge on any atom is 0.169 e. The van der Waals surface area contributed by atoms with E-state index in [1.807, 2.05) is 12.1 Å². The van der Waals surface area contributed by atoms with Crippen LogP contribution in [0.1, 0.15) is 11.1 Å². The van der Waals surface area contributed by atoms with Crippen molar-refractivity contribution >= 4 is 0 Å². The first-order valence-corrected chi connectivity index (χ1v) is 4.24. The van der Waals surface area contributed by atoms with Crippen molar-refractivity contribution in [3.8, 4) is 23.3 Å². The van der Waals surface area contributed by atoms with E-state index in [4.69, 9.17) is 14.9 Å². The van der Waals surface area contributed by atoms with Gasteiger partial charge in [0.2, 0.25) is 0 Å². The first-order valence-electron chi connectivity index (χ1n) is 4.24. The van der Waals surface area contributed by atoms with Crippen LogP contribution in [0.15, 0.2) is 34.9 Å². The second kappa shape index (κ2) is 3.69. The quantitative estimate of drug-likeness (QED) is 0.698. The molecule has 0 bridgehead atoms. The average Bonchev–Trinajstić information content (AvgIpc) is 2.81. The Morgan fingerprint density at radius 3 is 2.13 bits per heavy atom. The van der Waals surface area contributed by atoms with Crippen LogP contribution in [-0.2, 0) is 0 Å². The minimum Gasteiger partial charge on any atom is -0.460 e. The number of rotatable bonds is 1. The Morgan fingerprint density at radius 1 is 1.00 bits per heavy atom. The van der Waals surface area contributed by atoms with Gasteiger partial charge in [-0.05, 0) is 29.8 Å². The van der Waals surface area contributed by atoms with Crippen LogP contribution in [0.4, 0.5) is 0 Å². The molecule has 1 heterocycles. The molecular weight excluding hydrogens is 188 g/mol. The third-order valence-electron chi connectivity index (χ3n) is 1.99. The topological polar surface area (TPSA) is 60.7 Å². The maximum atomic E-state index is 8.79. The molecular formula is C12H5N2O. The van der Waals surface area contributed by atoms with Crippen molar-refractivity contribution in [3.05, 3.63) is 47.9 Å². The molecule has 15 heavy (non-hydrogen) atoms. The van der Waals surface area contributed by atoms with Crippen LogP contribution in [0.25, 0.3) is 11.1 Å². The van der Waals surface area contributed by atoms with Crippen molar-refractivity contribution in [1.29, 1.82) is 10.5 Å². The monoisotopic (exact) mass is 193 g/mol. The maximum absolute atomic E-state index is 8.79. The van der Waals surface area contributed by atoms with E-state index in [2.05, 4.69) is 6.26 Å². The fraction of sp³-hybridized carbons (Fsp3) is 0. The molecule has 0 atom stereocenters. The van der Waals surface area contributed by atoms with E-state index in [-0.39, 0.29) is 0 Å². The number of nitriles is 2. The van der Waals surface area contributed by atoms with Crippen molar-refractivity contribution in [2.24, 2.45) is 0 Å². The van der Waals surface area contributed by atoms with Gasteiger partial charge in [0.15, 0.2) is 6.26 Å². The van der Waals surface area contributed by atoms with E-state index in [9.17, 15) is 0 Å². The highest BCUT2D eigenvalue weighted by atomic mass is 16.3. The van der Waals surface area contributed by atoms with E-state index in [0.717, 1.165) is 11.1 Å². The Labute approximate surface area is 86.8 Å². The third-order valence-corrected chi connectivity index (χ3v) is 1.99. The summed E-state index contributed by atoms with van der Waals surface area (Å²) in [6, 6.07) is 10.7. The molecule has 0 aliphatic carbocycles. The Balaban J connectivity index is 2.59. The zero-order chi connectivity index (χ0) is 10.7. The Bertz CT molecular complexity index is 524. The number of hydrogen-bond acceptors (Lipinski definition) is 3. The van der Waals surface area contributed by atoms with Crippen LogP contribution in [0.3, 0.4) is 0 Å². The normalized spacial score (nSPS) is 9.20. The zero-order valence-corrected chi connectivity index (χ0v) is 7.69. The molecule has 69 valence electrons. The van der Waals surface area contributed by atoms with E-state index >= 15 is 0 Å². The highest BCUT2D eigenvalue weighted by molar-refractivity contribution is 5.66. The molecule has 0 aliphatic rings. The Kier molecular flexibility index (Phi) is 2.23. The van der Waals surface area contributed by atoms with Crippen LogP contribution in [0.2, 0.25) is 0 Å². The summed E-state index contributed by atoms with van der Waals surface area (Å²) in [4.78, 5) is 0. The number of nitrogens with zero attached hydrogens (tertiary/aromatic N) is 2. The molecule has 3 nitrogen and oxygen atoms in total.